The minimum absolute atomic E-state index is 0.146. The molecule has 0 aromatic heterocycles. The van der Waals surface area contributed by atoms with Gasteiger partial charge in [-0.25, -0.2) is 0 Å². The van der Waals surface area contributed by atoms with Gasteiger partial charge in [0.2, 0.25) is 0 Å². The lowest BCUT2D eigenvalue weighted by atomic mass is 9.97. The van der Waals surface area contributed by atoms with E-state index in [1.165, 1.54) is 6.08 Å². The Labute approximate surface area is 105 Å². The van der Waals surface area contributed by atoms with Crippen LogP contribution in [0, 0.1) is 0 Å². The highest BCUT2D eigenvalue weighted by Crippen LogP contribution is 2.42. The van der Waals surface area contributed by atoms with Gasteiger partial charge in [-0.15, -0.1) is 6.58 Å². The summed E-state index contributed by atoms with van der Waals surface area (Å²) >= 11 is 2.97. The summed E-state index contributed by atoms with van der Waals surface area (Å²) in [6.45, 7) is 3.42. The van der Waals surface area contributed by atoms with Crippen LogP contribution in [0.25, 0.3) is 0 Å². The Morgan fingerprint density at radius 1 is 1.47 bits per heavy atom. The van der Waals surface area contributed by atoms with Crippen molar-refractivity contribution in [2.24, 2.45) is 5.73 Å². The molecule has 0 bridgehead atoms. The first-order valence-electron chi connectivity index (χ1n) is 4.74. The summed E-state index contributed by atoms with van der Waals surface area (Å²) in [5, 5.41) is 9.68. The number of phenols is 1. The molecule has 0 aliphatic heterocycles. The minimum Gasteiger partial charge on any atom is -0.506 e. The van der Waals surface area contributed by atoms with Gasteiger partial charge in [0.1, 0.15) is 5.75 Å². The number of rotatable bonds is 3. The summed E-state index contributed by atoms with van der Waals surface area (Å²) in [6.07, 6.45) is -3.00. The van der Waals surface area contributed by atoms with Gasteiger partial charge in [0.25, 0.3) is 0 Å². The average Bonchev–Trinajstić information content (AvgIpc) is 2.20. The van der Waals surface area contributed by atoms with Crippen molar-refractivity contribution in [1.82, 2.24) is 0 Å². The zero-order valence-corrected chi connectivity index (χ0v) is 10.3. The first-order valence-corrected chi connectivity index (χ1v) is 5.53. The molecule has 1 atom stereocenters. The molecule has 1 rings (SSSR count). The molecule has 94 valence electrons. The van der Waals surface area contributed by atoms with Crippen LogP contribution in [0.15, 0.2) is 29.3 Å². The molecule has 0 aliphatic carbocycles. The number of phenolic OH excluding ortho intramolecular Hbond substituents is 1. The van der Waals surface area contributed by atoms with Crippen LogP contribution in [0.1, 0.15) is 23.6 Å². The number of alkyl halides is 3. The van der Waals surface area contributed by atoms with Crippen LogP contribution in [0.5, 0.6) is 5.75 Å². The fraction of sp³-hybridized carbons (Fsp3) is 0.273. The van der Waals surface area contributed by atoms with Gasteiger partial charge in [0.05, 0.1) is 10.0 Å². The first-order chi connectivity index (χ1) is 7.79. The molecule has 3 N–H and O–H groups in total. The van der Waals surface area contributed by atoms with E-state index in [-0.39, 0.29) is 16.5 Å². The van der Waals surface area contributed by atoms with Crippen LogP contribution < -0.4 is 5.73 Å². The van der Waals surface area contributed by atoms with Crippen molar-refractivity contribution in [3.63, 3.8) is 0 Å². The molecule has 2 nitrogen and oxygen atoms in total. The zero-order chi connectivity index (χ0) is 13.2. The Balaban J connectivity index is 3.41. The second-order valence-electron chi connectivity index (χ2n) is 3.49. The molecule has 0 unspecified atom stereocenters. The third-order valence-corrected chi connectivity index (χ3v) is 2.90. The van der Waals surface area contributed by atoms with Crippen molar-refractivity contribution in [1.29, 1.82) is 0 Å². The van der Waals surface area contributed by atoms with E-state index in [9.17, 15) is 18.3 Å². The SMILES string of the molecule is C=CC[C@H](N)c1c(C(F)(F)F)ccc(Br)c1O. The molecule has 0 fully saturated rings. The first kappa shape index (κ1) is 14.1. The van der Waals surface area contributed by atoms with Gasteiger partial charge in [0.15, 0.2) is 0 Å². The molecule has 0 radical (unpaired) electrons. The molecule has 0 aliphatic rings. The van der Waals surface area contributed by atoms with E-state index in [0.717, 1.165) is 12.1 Å². The van der Waals surface area contributed by atoms with E-state index in [0.29, 0.717) is 0 Å². The van der Waals surface area contributed by atoms with Crippen molar-refractivity contribution < 1.29 is 18.3 Å². The Bertz CT molecular complexity index is 431. The summed E-state index contributed by atoms with van der Waals surface area (Å²) in [6, 6.07) is 1.09. The molecule has 0 amide bonds. The molecule has 0 saturated heterocycles. The highest BCUT2D eigenvalue weighted by molar-refractivity contribution is 9.10. The monoisotopic (exact) mass is 309 g/mol. The van der Waals surface area contributed by atoms with Crippen LogP contribution in [0.3, 0.4) is 0 Å². The summed E-state index contributed by atoms with van der Waals surface area (Å²) in [4.78, 5) is 0. The third kappa shape index (κ3) is 3.01. The highest BCUT2D eigenvalue weighted by atomic mass is 79.9. The second kappa shape index (κ2) is 5.10. The zero-order valence-electron chi connectivity index (χ0n) is 8.76. The summed E-state index contributed by atoms with van der Waals surface area (Å²) in [5.41, 5.74) is 4.38. The van der Waals surface area contributed by atoms with Crippen molar-refractivity contribution >= 4 is 15.9 Å². The lowest BCUT2D eigenvalue weighted by molar-refractivity contribution is -0.138. The average molecular weight is 310 g/mol. The maximum Gasteiger partial charge on any atom is 0.416 e. The fourth-order valence-electron chi connectivity index (χ4n) is 1.50. The van der Waals surface area contributed by atoms with E-state index in [4.69, 9.17) is 5.73 Å². The Morgan fingerprint density at radius 3 is 2.53 bits per heavy atom. The summed E-state index contributed by atoms with van der Waals surface area (Å²) < 4.78 is 38.4. The van der Waals surface area contributed by atoms with Crippen molar-refractivity contribution in [3.8, 4) is 5.75 Å². The van der Waals surface area contributed by atoms with Crippen LogP contribution >= 0.6 is 15.9 Å². The van der Waals surface area contributed by atoms with Gasteiger partial charge < -0.3 is 10.8 Å². The van der Waals surface area contributed by atoms with Crippen molar-refractivity contribution in [2.75, 3.05) is 0 Å². The van der Waals surface area contributed by atoms with Crippen LogP contribution in [-0.4, -0.2) is 5.11 Å². The van der Waals surface area contributed by atoms with Gasteiger partial charge in [-0.2, -0.15) is 13.2 Å². The Kier molecular flexibility index (Phi) is 4.21. The highest BCUT2D eigenvalue weighted by Gasteiger charge is 2.36. The molecular formula is C11H11BrF3NO. The van der Waals surface area contributed by atoms with Gasteiger partial charge in [-0.05, 0) is 34.5 Å². The van der Waals surface area contributed by atoms with Gasteiger partial charge in [0, 0.05) is 11.6 Å². The van der Waals surface area contributed by atoms with Gasteiger partial charge >= 0.3 is 6.18 Å². The lowest BCUT2D eigenvalue weighted by Gasteiger charge is -2.19. The molecule has 0 saturated carbocycles. The maximum absolute atomic E-state index is 12.8. The smallest absolute Gasteiger partial charge is 0.416 e. The van der Waals surface area contributed by atoms with Crippen LogP contribution in [0.2, 0.25) is 0 Å². The molecule has 0 spiro atoms. The number of hydrogen-bond acceptors (Lipinski definition) is 2. The largest absolute Gasteiger partial charge is 0.506 e. The fourth-order valence-corrected chi connectivity index (χ4v) is 1.85. The van der Waals surface area contributed by atoms with Gasteiger partial charge in [-0.1, -0.05) is 6.08 Å². The number of benzene rings is 1. The van der Waals surface area contributed by atoms with E-state index in [1.807, 2.05) is 0 Å². The lowest BCUT2D eigenvalue weighted by Crippen LogP contribution is -2.17. The predicted octanol–water partition coefficient (Wildman–Crippen LogP) is 3.75. The molecule has 6 heteroatoms. The minimum atomic E-state index is -4.55. The second-order valence-corrected chi connectivity index (χ2v) is 4.34. The van der Waals surface area contributed by atoms with Crippen LogP contribution in [0.4, 0.5) is 13.2 Å². The number of nitrogens with two attached hydrogens (primary N) is 1. The number of aromatic hydroxyl groups is 1. The standard InChI is InChI=1S/C11H11BrF3NO/c1-2-3-8(16)9-6(11(13,14)15)4-5-7(12)10(9)17/h2,4-5,8,17H,1,3,16H2/t8-/m0/s1. The third-order valence-electron chi connectivity index (χ3n) is 2.26. The van der Waals surface area contributed by atoms with Gasteiger partial charge in [-0.3, -0.25) is 0 Å². The Hall–Kier alpha value is -1.01. The molecular weight excluding hydrogens is 299 g/mol. The maximum atomic E-state index is 12.8. The normalized spacial score (nSPS) is 13.5. The van der Waals surface area contributed by atoms with Crippen molar-refractivity contribution in [2.45, 2.75) is 18.6 Å². The van der Waals surface area contributed by atoms with Crippen LogP contribution in [-0.2, 0) is 6.18 Å². The molecule has 17 heavy (non-hydrogen) atoms. The van der Waals surface area contributed by atoms with E-state index in [2.05, 4.69) is 22.5 Å². The van der Waals surface area contributed by atoms with E-state index >= 15 is 0 Å². The molecule has 0 heterocycles. The number of halogens is 4. The summed E-state index contributed by atoms with van der Waals surface area (Å²) in [5.74, 6) is -0.478. The topological polar surface area (TPSA) is 46.2 Å². The van der Waals surface area contributed by atoms with Crippen molar-refractivity contribution in [3.05, 3.63) is 40.4 Å². The molecule has 1 aromatic rings. The quantitative estimate of drug-likeness (QED) is 0.835. The number of hydrogen-bond donors (Lipinski definition) is 2. The Morgan fingerprint density at radius 2 is 2.06 bits per heavy atom. The van der Waals surface area contributed by atoms with E-state index < -0.39 is 23.5 Å². The molecule has 1 aromatic carbocycles. The van der Waals surface area contributed by atoms with E-state index in [1.54, 1.807) is 0 Å². The predicted molar refractivity (Wildman–Crippen MR) is 62.6 cm³/mol. The summed E-state index contributed by atoms with van der Waals surface area (Å²) in [7, 11) is 0.